The lowest BCUT2D eigenvalue weighted by molar-refractivity contribution is -0.384. The monoisotopic (exact) mass is 340 g/mol. The van der Waals surface area contributed by atoms with E-state index in [1.807, 2.05) is 0 Å². The summed E-state index contributed by atoms with van der Waals surface area (Å²) in [7, 11) is 0. The van der Waals surface area contributed by atoms with Crippen LogP contribution in [-0.4, -0.2) is 10.8 Å². The maximum atomic E-state index is 11.9. The summed E-state index contributed by atoms with van der Waals surface area (Å²) in [5, 5.41) is 15.1. The molecular weight excluding hydrogens is 332 g/mol. The number of amides is 1. The van der Waals surface area contributed by atoms with Crippen molar-refractivity contribution in [3.8, 4) is 0 Å². The van der Waals surface area contributed by atoms with E-state index in [0.717, 1.165) is 3.79 Å². The van der Waals surface area contributed by atoms with Crippen LogP contribution >= 0.6 is 27.3 Å². The highest BCUT2D eigenvalue weighted by Crippen LogP contribution is 2.24. The first-order valence-electron chi connectivity index (χ1n) is 5.28. The van der Waals surface area contributed by atoms with E-state index in [9.17, 15) is 14.9 Å². The molecule has 0 aliphatic carbocycles. The van der Waals surface area contributed by atoms with E-state index >= 15 is 0 Å². The molecule has 5 nitrogen and oxygen atoms in total. The van der Waals surface area contributed by atoms with E-state index in [-0.39, 0.29) is 11.6 Å². The molecule has 0 unspecified atom stereocenters. The molecule has 1 N–H and O–H groups in total. The molecule has 0 aliphatic heterocycles. The van der Waals surface area contributed by atoms with Crippen LogP contribution in [0, 0.1) is 17.0 Å². The van der Waals surface area contributed by atoms with Gasteiger partial charge in [0.25, 0.3) is 11.6 Å². The van der Waals surface area contributed by atoms with E-state index in [0.29, 0.717) is 16.8 Å². The van der Waals surface area contributed by atoms with Gasteiger partial charge in [-0.25, -0.2) is 0 Å². The maximum absolute atomic E-state index is 11.9. The van der Waals surface area contributed by atoms with Gasteiger partial charge in [-0.15, -0.1) is 11.3 Å². The summed E-state index contributed by atoms with van der Waals surface area (Å²) in [5.41, 5.74) is 1.78. The van der Waals surface area contributed by atoms with Crippen molar-refractivity contribution >= 4 is 44.5 Å². The lowest BCUT2D eigenvalue weighted by Gasteiger charge is -2.07. The molecule has 0 bridgehead atoms. The topological polar surface area (TPSA) is 72.2 Å². The summed E-state index contributed by atoms with van der Waals surface area (Å²) < 4.78 is 0.873. The van der Waals surface area contributed by atoms with Crippen LogP contribution in [0.3, 0.4) is 0 Å². The van der Waals surface area contributed by atoms with Crippen LogP contribution in [0.15, 0.2) is 33.4 Å². The van der Waals surface area contributed by atoms with E-state index in [1.165, 1.54) is 29.5 Å². The predicted molar refractivity (Wildman–Crippen MR) is 77.8 cm³/mol. The molecular formula is C12H9BrN2O3S. The van der Waals surface area contributed by atoms with Crippen molar-refractivity contribution in [2.75, 3.05) is 5.32 Å². The molecule has 1 heterocycles. The largest absolute Gasteiger partial charge is 0.322 e. The highest BCUT2D eigenvalue weighted by atomic mass is 79.9. The van der Waals surface area contributed by atoms with E-state index in [4.69, 9.17) is 0 Å². The number of nitrogens with zero attached hydrogens (tertiary/aromatic N) is 1. The second-order valence-electron chi connectivity index (χ2n) is 3.85. The average Bonchev–Trinajstić information content (AvgIpc) is 2.78. The Labute approximate surface area is 121 Å². The number of carbonyl (C=O) groups excluding carboxylic acids is 1. The van der Waals surface area contributed by atoms with Crippen molar-refractivity contribution in [3.05, 3.63) is 54.7 Å². The van der Waals surface area contributed by atoms with Crippen LogP contribution in [0.2, 0.25) is 0 Å². The quantitative estimate of drug-likeness (QED) is 0.678. The molecule has 0 saturated heterocycles. The molecule has 0 spiro atoms. The van der Waals surface area contributed by atoms with Crippen molar-refractivity contribution in [2.45, 2.75) is 6.92 Å². The van der Waals surface area contributed by atoms with Crippen LogP contribution < -0.4 is 5.32 Å². The van der Waals surface area contributed by atoms with Gasteiger partial charge in [-0.3, -0.25) is 14.9 Å². The summed E-state index contributed by atoms with van der Waals surface area (Å²) in [4.78, 5) is 22.1. The second-order valence-corrected chi connectivity index (χ2v) is 6.14. The van der Waals surface area contributed by atoms with Crippen molar-refractivity contribution in [1.29, 1.82) is 0 Å². The third kappa shape index (κ3) is 3.18. The number of hydrogen-bond acceptors (Lipinski definition) is 4. The Balaban J connectivity index is 2.20. The summed E-state index contributed by atoms with van der Waals surface area (Å²) in [5.74, 6) is -0.237. The highest BCUT2D eigenvalue weighted by molar-refractivity contribution is 9.11. The molecule has 1 amide bonds. The van der Waals surface area contributed by atoms with Gasteiger partial charge >= 0.3 is 0 Å². The summed E-state index contributed by atoms with van der Waals surface area (Å²) >= 11 is 4.71. The Morgan fingerprint density at radius 3 is 2.68 bits per heavy atom. The molecule has 0 radical (unpaired) electrons. The number of halogens is 1. The fourth-order valence-electron chi connectivity index (χ4n) is 1.53. The standard InChI is InChI=1S/C12H9BrN2O3S/c1-7-4-9(15(17)18)2-3-10(7)14-12(16)8-5-11(13)19-6-8/h2-6H,1H3,(H,14,16). The van der Waals surface area contributed by atoms with Gasteiger partial charge in [0.2, 0.25) is 0 Å². The molecule has 0 aliphatic rings. The van der Waals surface area contributed by atoms with Gasteiger partial charge in [-0.05, 0) is 40.5 Å². The van der Waals surface area contributed by atoms with Gasteiger partial charge in [-0.1, -0.05) is 0 Å². The Kier molecular flexibility index (Phi) is 3.96. The van der Waals surface area contributed by atoms with Gasteiger partial charge in [0, 0.05) is 23.2 Å². The minimum Gasteiger partial charge on any atom is -0.322 e. The number of non-ortho nitro benzene ring substituents is 1. The van der Waals surface area contributed by atoms with Crippen LogP contribution in [-0.2, 0) is 0 Å². The molecule has 0 atom stereocenters. The predicted octanol–water partition coefficient (Wildman–Crippen LogP) is 3.98. The van der Waals surface area contributed by atoms with Gasteiger partial charge in [0.05, 0.1) is 14.3 Å². The van der Waals surface area contributed by atoms with Crippen molar-refractivity contribution in [1.82, 2.24) is 0 Å². The fourth-order valence-corrected chi connectivity index (χ4v) is 2.66. The van der Waals surface area contributed by atoms with E-state index in [1.54, 1.807) is 18.4 Å². The first-order chi connectivity index (χ1) is 8.97. The van der Waals surface area contributed by atoms with Gasteiger partial charge in [-0.2, -0.15) is 0 Å². The molecule has 7 heteroatoms. The highest BCUT2D eigenvalue weighted by Gasteiger charge is 2.12. The molecule has 2 rings (SSSR count). The van der Waals surface area contributed by atoms with Crippen LogP contribution in [0.4, 0.5) is 11.4 Å². The number of nitro groups is 1. The first-order valence-corrected chi connectivity index (χ1v) is 6.95. The molecule has 0 fully saturated rings. The lowest BCUT2D eigenvalue weighted by atomic mass is 10.1. The van der Waals surface area contributed by atoms with E-state index in [2.05, 4.69) is 21.2 Å². The number of rotatable bonds is 3. The Bertz CT molecular complexity index is 654. The Morgan fingerprint density at radius 2 is 2.16 bits per heavy atom. The minimum absolute atomic E-state index is 0.00813. The number of carbonyl (C=O) groups is 1. The molecule has 19 heavy (non-hydrogen) atoms. The zero-order valence-electron chi connectivity index (χ0n) is 9.84. The van der Waals surface area contributed by atoms with Crippen molar-refractivity contribution < 1.29 is 9.72 Å². The zero-order chi connectivity index (χ0) is 14.0. The second kappa shape index (κ2) is 5.50. The number of aryl methyl sites for hydroxylation is 1. The number of nitro benzene ring substituents is 1. The van der Waals surface area contributed by atoms with Crippen LogP contribution in [0.5, 0.6) is 0 Å². The van der Waals surface area contributed by atoms with Crippen molar-refractivity contribution in [3.63, 3.8) is 0 Å². The molecule has 98 valence electrons. The Morgan fingerprint density at radius 1 is 1.42 bits per heavy atom. The third-order valence-electron chi connectivity index (χ3n) is 2.50. The summed E-state index contributed by atoms with van der Waals surface area (Å²) in [6.45, 7) is 1.71. The number of nitrogens with one attached hydrogen (secondary N) is 1. The Hall–Kier alpha value is -1.73. The smallest absolute Gasteiger partial charge is 0.269 e. The average molecular weight is 341 g/mol. The third-order valence-corrected chi connectivity index (χ3v) is 4.00. The summed E-state index contributed by atoms with van der Waals surface area (Å²) in [6, 6.07) is 6.05. The van der Waals surface area contributed by atoms with Crippen LogP contribution in [0.1, 0.15) is 15.9 Å². The minimum atomic E-state index is -0.464. The van der Waals surface area contributed by atoms with Gasteiger partial charge in [0.15, 0.2) is 0 Å². The molecule has 2 aromatic rings. The zero-order valence-corrected chi connectivity index (χ0v) is 12.2. The van der Waals surface area contributed by atoms with Gasteiger partial charge in [0.1, 0.15) is 0 Å². The number of thiophene rings is 1. The molecule has 1 aromatic heterocycles. The summed E-state index contributed by atoms with van der Waals surface area (Å²) in [6.07, 6.45) is 0. The lowest BCUT2D eigenvalue weighted by Crippen LogP contribution is -2.11. The number of benzene rings is 1. The number of hydrogen-bond donors (Lipinski definition) is 1. The fraction of sp³-hybridized carbons (Fsp3) is 0.0833. The van der Waals surface area contributed by atoms with Crippen molar-refractivity contribution in [2.24, 2.45) is 0 Å². The first kappa shape index (κ1) is 13.7. The normalized spacial score (nSPS) is 10.2. The molecule has 1 aromatic carbocycles. The SMILES string of the molecule is Cc1cc([N+](=O)[O-])ccc1NC(=O)c1csc(Br)c1. The maximum Gasteiger partial charge on any atom is 0.269 e. The molecule has 0 saturated carbocycles. The van der Waals surface area contributed by atoms with E-state index < -0.39 is 4.92 Å². The van der Waals surface area contributed by atoms with Crippen LogP contribution in [0.25, 0.3) is 0 Å². The van der Waals surface area contributed by atoms with Gasteiger partial charge < -0.3 is 5.32 Å². The number of anilines is 1.